The number of hydrogen-bond acceptors (Lipinski definition) is 4. The van der Waals surface area contributed by atoms with Gasteiger partial charge in [-0.25, -0.2) is 9.37 Å². The van der Waals surface area contributed by atoms with Crippen molar-refractivity contribution in [3.63, 3.8) is 0 Å². The molecule has 0 atom stereocenters. The molecule has 4 rings (SSSR count). The lowest BCUT2D eigenvalue weighted by Crippen LogP contribution is -2.44. The van der Waals surface area contributed by atoms with Crippen molar-refractivity contribution in [2.75, 3.05) is 5.01 Å². The molecule has 1 aromatic heterocycles. The Bertz CT molecular complexity index is 1230. The normalized spacial score (nSPS) is 10.7. The second kappa shape index (κ2) is 8.57. The molecule has 150 valence electrons. The molecule has 1 amide bonds. The van der Waals surface area contributed by atoms with E-state index in [4.69, 9.17) is 0 Å². The molecular weight excluding hydrogens is 383 g/mol. The Kier molecular flexibility index (Phi) is 5.52. The summed E-state index contributed by atoms with van der Waals surface area (Å²) < 4.78 is 14.7. The van der Waals surface area contributed by atoms with Crippen molar-refractivity contribution in [2.24, 2.45) is 0 Å². The van der Waals surface area contributed by atoms with E-state index < -0.39 is 17.3 Å². The molecular formula is C23H19FN4O2. The molecule has 0 spiro atoms. The maximum atomic E-state index is 13.5. The van der Waals surface area contributed by atoms with Crippen LogP contribution in [0.3, 0.4) is 0 Å². The first-order chi connectivity index (χ1) is 14.6. The minimum absolute atomic E-state index is 0.134. The minimum atomic E-state index is -0.526. The van der Waals surface area contributed by atoms with E-state index >= 15 is 0 Å². The summed E-state index contributed by atoms with van der Waals surface area (Å²) in [6.45, 7) is 0.211. The Balaban J connectivity index is 1.56. The van der Waals surface area contributed by atoms with Gasteiger partial charge >= 0.3 is 0 Å². The summed E-state index contributed by atoms with van der Waals surface area (Å²) in [5.74, 6) is -0.920. The number of aromatic nitrogens is 2. The fourth-order valence-corrected chi connectivity index (χ4v) is 3.15. The molecule has 3 aromatic carbocycles. The number of fused-ring (bicyclic) bond motifs is 1. The topological polar surface area (TPSA) is 67.2 Å². The van der Waals surface area contributed by atoms with Gasteiger partial charge < -0.3 is 0 Å². The number of halogens is 1. The molecule has 0 bridgehead atoms. The maximum Gasteiger partial charge on any atom is 0.261 e. The van der Waals surface area contributed by atoms with Crippen molar-refractivity contribution in [1.29, 1.82) is 0 Å². The number of rotatable bonds is 6. The summed E-state index contributed by atoms with van der Waals surface area (Å²) in [5, 5.41) is 1.85. The number of hydrogen-bond donors (Lipinski definition) is 1. The molecule has 7 heteroatoms. The monoisotopic (exact) mass is 402 g/mol. The van der Waals surface area contributed by atoms with Crippen LogP contribution in [0.1, 0.15) is 5.56 Å². The van der Waals surface area contributed by atoms with Crippen LogP contribution in [0.4, 0.5) is 10.1 Å². The van der Waals surface area contributed by atoms with Gasteiger partial charge in [-0.05, 0) is 35.9 Å². The molecule has 0 aliphatic rings. The fraction of sp³-hybridized carbons (Fsp3) is 0.0870. The number of hydrazine groups is 1. The second-order valence-corrected chi connectivity index (χ2v) is 6.78. The van der Waals surface area contributed by atoms with Crippen LogP contribution in [0.2, 0.25) is 0 Å². The summed E-state index contributed by atoms with van der Waals surface area (Å²) in [6, 6.07) is 23.0. The second-order valence-electron chi connectivity index (χ2n) is 6.78. The largest absolute Gasteiger partial charge is 0.289 e. The Hall–Kier alpha value is -4.00. The third-order valence-corrected chi connectivity index (χ3v) is 4.61. The number of para-hydroxylation sites is 1. The predicted molar refractivity (Wildman–Crippen MR) is 113 cm³/mol. The highest BCUT2D eigenvalue weighted by molar-refractivity contribution is 5.80. The van der Waals surface area contributed by atoms with Crippen molar-refractivity contribution >= 4 is 22.5 Å². The molecule has 0 saturated heterocycles. The standard InChI is InChI=1S/C23H19FN4O2/c24-18-11-12-21-20(13-18)23(30)27(16-25-21)15-22(29)26-28(19-9-5-2-6-10-19)14-17-7-3-1-4-8-17/h1-13,16H,14-15H2,(H,26,29). The summed E-state index contributed by atoms with van der Waals surface area (Å²) in [6.07, 6.45) is 1.30. The van der Waals surface area contributed by atoms with Crippen LogP contribution in [-0.4, -0.2) is 15.5 Å². The molecule has 0 aliphatic carbocycles. The lowest BCUT2D eigenvalue weighted by molar-refractivity contribution is -0.121. The zero-order valence-electron chi connectivity index (χ0n) is 16.0. The van der Waals surface area contributed by atoms with Crippen molar-refractivity contribution in [2.45, 2.75) is 13.1 Å². The smallest absolute Gasteiger partial charge is 0.261 e. The van der Waals surface area contributed by atoms with Crippen LogP contribution >= 0.6 is 0 Å². The number of nitrogens with zero attached hydrogens (tertiary/aromatic N) is 3. The molecule has 0 unspecified atom stereocenters. The van der Waals surface area contributed by atoms with E-state index in [1.165, 1.54) is 23.0 Å². The number of carbonyl (C=O) groups is 1. The third-order valence-electron chi connectivity index (χ3n) is 4.61. The van der Waals surface area contributed by atoms with E-state index in [0.717, 1.165) is 17.3 Å². The van der Waals surface area contributed by atoms with E-state index in [-0.39, 0.29) is 11.9 Å². The summed E-state index contributed by atoms with van der Waals surface area (Å²) in [5.41, 5.74) is 4.59. The Morgan fingerprint density at radius 2 is 1.70 bits per heavy atom. The first kappa shape index (κ1) is 19.3. The molecule has 0 fully saturated rings. The highest BCUT2D eigenvalue weighted by atomic mass is 19.1. The zero-order chi connectivity index (χ0) is 20.9. The van der Waals surface area contributed by atoms with Gasteiger partial charge in [0.25, 0.3) is 11.5 Å². The van der Waals surface area contributed by atoms with Gasteiger partial charge in [-0.15, -0.1) is 0 Å². The van der Waals surface area contributed by atoms with Gasteiger partial charge in [0.1, 0.15) is 12.4 Å². The first-order valence-electron chi connectivity index (χ1n) is 9.41. The average Bonchev–Trinajstić information content (AvgIpc) is 2.77. The molecule has 4 aromatic rings. The fourth-order valence-electron chi connectivity index (χ4n) is 3.15. The number of anilines is 1. The van der Waals surface area contributed by atoms with Crippen LogP contribution in [0.5, 0.6) is 0 Å². The van der Waals surface area contributed by atoms with Crippen LogP contribution in [0.25, 0.3) is 10.9 Å². The number of nitrogens with one attached hydrogen (secondary N) is 1. The summed E-state index contributed by atoms with van der Waals surface area (Å²) >= 11 is 0. The number of carbonyl (C=O) groups excluding carboxylic acids is 1. The van der Waals surface area contributed by atoms with Gasteiger partial charge in [0.15, 0.2) is 0 Å². The number of benzene rings is 3. The van der Waals surface area contributed by atoms with Crippen molar-refractivity contribution in [3.8, 4) is 0 Å². The van der Waals surface area contributed by atoms with E-state index in [1.54, 1.807) is 5.01 Å². The molecule has 0 saturated carbocycles. The Morgan fingerprint density at radius 1 is 1.00 bits per heavy atom. The van der Waals surface area contributed by atoms with Crippen molar-refractivity contribution < 1.29 is 9.18 Å². The van der Waals surface area contributed by atoms with Crippen molar-refractivity contribution in [3.05, 3.63) is 107 Å². The Morgan fingerprint density at radius 3 is 2.43 bits per heavy atom. The lowest BCUT2D eigenvalue weighted by Gasteiger charge is -2.25. The molecule has 30 heavy (non-hydrogen) atoms. The highest BCUT2D eigenvalue weighted by Crippen LogP contribution is 2.15. The van der Waals surface area contributed by atoms with E-state index in [1.807, 2.05) is 60.7 Å². The SMILES string of the molecule is O=C(Cn1cnc2ccc(F)cc2c1=O)NN(Cc1ccccc1)c1ccccc1. The van der Waals surface area contributed by atoms with Crippen molar-refractivity contribution in [1.82, 2.24) is 15.0 Å². The number of amides is 1. The van der Waals surface area contributed by atoms with E-state index in [0.29, 0.717) is 12.1 Å². The lowest BCUT2D eigenvalue weighted by atomic mass is 10.2. The highest BCUT2D eigenvalue weighted by Gasteiger charge is 2.13. The van der Waals surface area contributed by atoms with Crippen LogP contribution < -0.4 is 16.0 Å². The van der Waals surface area contributed by atoms with E-state index in [2.05, 4.69) is 10.4 Å². The minimum Gasteiger partial charge on any atom is -0.289 e. The van der Waals surface area contributed by atoms with Gasteiger partial charge in [-0.1, -0.05) is 48.5 Å². The zero-order valence-corrected chi connectivity index (χ0v) is 16.0. The van der Waals surface area contributed by atoms with Crippen LogP contribution in [-0.2, 0) is 17.9 Å². The molecule has 0 radical (unpaired) electrons. The Labute approximate surface area is 172 Å². The predicted octanol–water partition coefficient (Wildman–Crippen LogP) is 3.27. The quantitative estimate of drug-likeness (QED) is 0.503. The van der Waals surface area contributed by atoms with Gasteiger partial charge in [0.2, 0.25) is 0 Å². The average molecular weight is 402 g/mol. The van der Waals surface area contributed by atoms with Gasteiger partial charge in [-0.2, -0.15) is 0 Å². The third kappa shape index (κ3) is 4.35. The molecule has 1 N–H and O–H groups in total. The molecule has 0 aliphatic heterocycles. The summed E-state index contributed by atoms with van der Waals surface area (Å²) in [4.78, 5) is 29.5. The van der Waals surface area contributed by atoms with Crippen LogP contribution in [0.15, 0.2) is 90.0 Å². The van der Waals surface area contributed by atoms with Gasteiger partial charge in [-0.3, -0.25) is 24.6 Å². The maximum absolute atomic E-state index is 13.5. The summed E-state index contributed by atoms with van der Waals surface area (Å²) in [7, 11) is 0. The van der Waals surface area contributed by atoms with Gasteiger partial charge in [0.05, 0.1) is 29.5 Å². The van der Waals surface area contributed by atoms with Crippen LogP contribution in [0, 0.1) is 5.82 Å². The molecule has 1 heterocycles. The molecule has 6 nitrogen and oxygen atoms in total. The van der Waals surface area contributed by atoms with Gasteiger partial charge in [0, 0.05) is 0 Å². The first-order valence-corrected chi connectivity index (χ1v) is 9.41. The van der Waals surface area contributed by atoms with E-state index in [9.17, 15) is 14.0 Å².